The van der Waals surface area contributed by atoms with Crippen LogP contribution in [0.2, 0.25) is 0 Å². The van der Waals surface area contributed by atoms with Gasteiger partial charge in [0.05, 0.1) is 10.6 Å². The molecule has 0 saturated heterocycles. The molecule has 7 heteroatoms. The number of carboxylic acids is 1. The molecule has 1 aromatic carbocycles. The van der Waals surface area contributed by atoms with Gasteiger partial charge in [0.15, 0.2) is 11.0 Å². The van der Waals surface area contributed by atoms with Crippen LogP contribution in [0.4, 0.5) is 0 Å². The van der Waals surface area contributed by atoms with Crippen LogP contribution in [-0.2, 0) is 4.79 Å². The van der Waals surface area contributed by atoms with Crippen LogP contribution in [0.25, 0.3) is 16.4 Å². The molecule has 0 amide bonds. The van der Waals surface area contributed by atoms with Gasteiger partial charge in [0.25, 0.3) is 0 Å². The third-order valence-electron chi connectivity index (χ3n) is 2.99. The predicted molar refractivity (Wildman–Crippen MR) is 87.8 cm³/mol. The number of rotatable bonds is 5. The molecular formula is C15H13N3O2S2. The second-order valence-electron chi connectivity index (χ2n) is 4.64. The first-order valence-corrected chi connectivity index (χ1v) is 8.42. The summed E-state index contributed by atoms with van der Waals surface area (Å²) in [6, 6.07) is 11.9. The lowest BCUT2D eigenvalue weighted by molar-refractivity contribution is -0.133. The van der Waals surface area contributed by atoms with Gasteiger partial charge in [0, 0.05) is 5.69 Å². The summed E-state index contributed by atoms with van der Waals surface area (Å²) < 4.78 is 1.90. The number of thioether (sulfide) groups is 1. The lowest BCUT2D eigenvalue weighted by atomic mass is 10.2. The fourth-order valence-corrected chi connectivity index (χ4v) is 3.35. The number of thiophene rings is 1. The first-order chi connectivity index (χ1) is 10.6. The second-order valence-corrected chi connectivity index (χ2v) is 6.53. The topological polar surface area (TPSA) is 68.0 Å². The van der Waals surface area contributed by atoms with Crippen LogP contribution in [0.5, 0.6) is 0 Å². The van der Waals surface area contributed by atoms with Crippen LogP contribution in [0, 0.1) is 6.92 Å². The smallest absolute Gasteiger partial charge is 0.313 e. The summed E-state index contributed by atoms with van der Waals surface area (Å²) in [6.45, 7) is 2.02. The van der Waals surface area contributed by atoms with Gasteiger partial charge < -0.3 is 5.11 Å². The zero-order valence-electron chi connectivity index (χ0n) is 11.8. The van der Waals surface area contributed by atoms with E-state index < -0.39 is 5.97 Å². The quantitative estimate of drug-likeness (QED) is 0.725. The maximum atomic E-state index is 10.8. The highest BCUT2D eigenvalue weighted by Gasteiger charge is 2.17. The Morgan fingerprint density at radius 2 is 2.05 bits per heavy atom. The van der Waals surface area contributed by atoms with Gasteiger partial charge in [-0.1, -0.05) is 35.5 Å². The molecule has 3 aromatic rings. The van der Waals surface area contributed by atoms with Crippen molar-refractivity contribution < 1.29 is 9.90 Å². The lowest BCUT2D eigenvalue weighted by Gasteiger charge is -2.09. The third kappa shape index (κ3) is 3.05. The highest BCUT2D eigenvalue weighted by molar-refractivity contribution is 7.99. The van der Waals surface area contributed by atoms with Crippen molar-refractivity contribution in [3.63, 3.8) is 0 Å². The minimum Gasteiger partial charge on any atom is -0.481 e. The number of carbonyl (C=O) groups is 1. The van der Waals surface area contributed by atoms with E-state index in [0.717, 1.165) is 22.0 Å². The molecule has 5 nitrogen and oxygen atoms in total. The molecule has 0 aliphatic carbocycles. The molecule has 22 heavy (non-hydrogen) atoms. The first kappa shape index (κ1) is 14.8. The molecule has 0 atom stereocenters. The Morgan fingerprint density at radius 3 is 2.68 bits per heavy atom. The van der Waals surface area contributed by atoms with Crippen molar-refractivity contribution in [1.29, 1.82) is 0 Å². The third-order valence-corrected chi connectivity index (χ3v) is 4.77. The van der Waals surface area contributed by atoms with Crippen molar-refractivity contribution in [3.8, 4) is 16.4 Å². The van der Waals surface area contributed by atoms with Crippen molar-refractivity contribution in [2.24, 2.45) is 0 Å². The molecule has 3 rings (SSSR count). The largest absolute Gasteiger partial charge is 0.481 e. The lowest BCUT2D eigenvalue weighted by Crippen LogP contribution is -2.02. The first-order valence-electron chi connectivity index (χ1n) is 6.56. The van der Waals surface area contributed by atoms with E-state index in [-0.39, 0.29) is 5.75 Å². The summed E-state index contributed by atoms with van der Waals surface area (Å²) in [5.74, 6) is -0.193. The summed E-state index contributed by atoms with van der Waals surface area (Å²) in [5.41, 5.74) is 2.08. The van der Waals surface area contributed by atoms with Crippen LogP contribution in [0.3, 0.4) is 0 Å². The zero-order chi connectivity index (χ0) is 15.5. The van der Waals surface area contributed by atoms with E-state index in [1.54, 1.807) is 11.3 Å². The maximum Gasteiger partial charge on any atom is 0.313 e. The van der Waals surface area contributed by atoms with Gasteiger partial charge in [-0.25, -0.2) is 0 Å². The predicted octanol–water partition coefficient (Wildman–Crippen LogP) is 3.48. The van der Waals surface area contributed by atoms with Crippen molar-refractivity contribution in [1.82, 2.24) is 14.8 Å². The molecule has 0 bridgehead atoms. The Balaban J connectivity index is 2.08. The minimum absolute atomic E-state index is 0.0472. The SMILES string of the molecule is Cc1ccc(-n2c(SCC(=O)O)nnc2-c2cccs2)cc1. The van der Waals surface area contributed by atoms with Gasteiger partial charge in [-0.05, 0) is 30.5 Å². The van der Waals surface area contributed by atoms with Crippen LogP contribution >= 0.6 is 23.1 Å². The van der Waals surface area contributed by atoms with Gasteiger partial charge in [0.2, 0.25) is 0 Å². The van der Waals surface area contributed by atoms with E-state index in [0.29, 0.717) is 5.16 Å². The van der Waals surface area contributed by atoms with E-state index in [1.807, 2.05) is 53.3 Å². The van der Waals surface area contributed by atoms with Gasteiger partial charge >= 0.3 is 5.97 Å². The molecule has 0 aliphatic heterocycles. The van der Waals surface area contributed by atoms with Gasteiger partial charge in [-0.15, -0.1) is 21.5 Å². The minimum atomic E-state index is -0.874. The Morgan fingerprint density at radius 1 is 1.27 bits per heavy atom. The number of hydrogen-bond acceptors (Lipinski definition) is 5. The number of nitrogens with zero attached hydrogens (tertiary/aromatic N) is 3. The molecule has 112 valence electrons. The Bertz CT molecular complexity index is 780. The molecule has 0 unspecified atom stereocenters. The van der Waals surface area contributed by atoms with Crippen molar-refractivity contribution >= 4 is 29.1 Å². The average Bonchev–Trinajstić information content (AvgIpc) is 3.15. The Labute approximate surface area is 135 Å². The standard InChI is InChI=1S/C15H13N3O2S2/c1-10-4-6-11(7-5-10)18-14(12-3-2-8-21-12)16-17-15(18)22-9-13(19)20/h2-8H,9H2,1H3,(H,19,20). The molecule has 0 fully saturated rings. The van der Waals surface area contributed by atoms with Gasteiger partial charge in [0.1, 0.15) is 0 Å². The van der Waals surface area contributed by atoms with E-state index >= 15 is 0 Å². The number of benzene rings is 1. The summed E-state index contributed by atoms with van der Waals surface area (Å²) in [6.07, 6.45) is 0. The molecule has 2 heterocycles. The second kappa shape index (κ2) is 6.33. The summed E-state index contributed by atoms with van der Waals surface area (Å²) >= 11 is 2.74. The van der Waals surface area contributed by atoms with Crippen LogP contribution in [-0.4, -0.2) is 31.6 Å². The van der Waals surface area contributed by atoms with Crippen LogP contribution in [0.1, 0.15) is 5.56 Å². The van der Waals surface area contributed by atoms with Gasteiger partial charge in [-0.2, -0.15) is 0 Å². The van der Waals surface area contributed by atoms with E-state index in [1.165, 1.54) is 11.8 Å². The summed E-state index contributed by atoms with van der Waals surface area (Å²) in [4.78, 5) is 11.8. The van der Waals surface area contributed by atoms with Crippen molar-refractivity contribution in [2.45, 2.75) is 12.1 Å². The zero-order valence-corrected chi connectivity index (χ0v) is 13.4. The van der Waals surface area contributed by atoms with Gasteiger partial charge in [-0.3, -0.25) is 9.36 Å². The normalized spacial score (nSPS) is 10.8. The number of aliphatic carboxylic acids is 1. The van der Waals surface area contributed by atoms with Crippen molar-refractivity contribution in [3.05, 3.63) is 47.3 Å². The average molecular weight is 331 g/mol. The maximum absolute atomic E-state index is 10.8. The molecule has 1 N–H and O–H groups in total. The monoisotopic (exact) mass is 331 g/mol. The number of aromatic nitrogens is 3. The van der Waals surface area contributed by atoms with E-state index in [9.17, 15) is 4.79 Å². The van der Waals surface area contributed by atoms with Crippen molar-refractivity contribution in [2.75, 3.05) is 5.75 Å². The molecule has 0 aliphatic rings. The molecule has 0 radical (unpaired) electrons. The van der Waals surface area contributed by atoms with Crippen LogP contribution in [0.15, 0.2) is 46.9 Å². The molecule has 0 spiro atoms. The number of carboxylic acid groups (broad SMARTS) is 1. The fraction of sp³-hybridized carbons (Fsp3) is 0.133. The molecule has 2 aromatic heterocycles. The highest BCUT2D eigenvalue weighted by atomic mass is 32.2. The molecular weight excluding hydrogens is 318 g/mol. The number of aryl methyl sites for hydroxylation is 1. The summed E-state index contributed by atoms with van der Waals surface area (Å²) in [5, 5.41) is 19.9. The van der Waals surface area contributed by atoms with Crippen LogP contribution < -0.4 is 0 Å². The van der Waals surface area contributed by atoms with E-state index in [2.05, 4.69) is 10.2 Å². The molecule has 0 saturated carbocycles. The highest BCUT2D eigenvalue weighted by Crippen LogP contribution is 2.30. The van der Waals surface area contributed by atoms with E-state index in [4.69, 9.17) is 5.11 Å². The summed E-state index contributed by atoms with van der Waals surface area (Å²) in [7, 11) is 0. The Kier molecular flexibility index (Phi) is 4.26. The fourth-order valence-electron chi connectivity index (χ4n) is 1.98. The Hall–Kier alpha value is -2.12. The number of hydrogen-bond donors (Lipinski definition) is 1.